The average Bonchev–Trinajstić information content (AvgIpc) is 2.29. The second-order valence-corrected chi connectivity index (χ2v) is 9.80. The molecule has 1 aliphatic heterocycles. The molecule has 0 bridgehead atoms. The van der Waals surface area contributed by atoms with Crippen LogP contribution in [-0.4, -0.2) is 54.8 Å². The van der Waals surface area contributed by atoms with Crippen molar-refractivity contribution in [1.82, 2.24) is 10.2 Å². The van der Waals surface area contributed by atoms with Crippen LogP contribution >= 0.6 is 0 Å². The molecule has 0 saturated carbocycles. The summed E-state index contributed by atoms with van der Waals surface area (Å²) in [5, 5.41) is 2.68. The van der Waals surface area contributed by atoms with Gasteiger partial charge in [-0.15, -0.1) is 0 Å². The van der Waals surface area contributed by atoms with Gasteiger partial charge in [-0.1, -0.05) is 13.8 Å². The summed E-state index contributed by atoms with van der Waals surface area (Å²) < 4.78 is 23.4. The maximum atomic E-state index is 12.3. The van der Waals surface area contributed by atoms with E-state index in [1.807, 2.05) is 13.8 Å². The highest BCUT2D eigenvalue weighted by atomic mass is 32.2. The molecule has 7 heteroatoms. The molecule has 6 nitrogen and oxygen atoms in total. The zero-order valence-corrected chi connectivity index (χ0v) is 14.3. The molecule has 0 radical (unpaired) electrons. The van der Waals surface area contributed by atoms with Crippen LogP contribution in [-0.2, 0) is 19.4 Å². The summed E-state index contributed by atoms with van der Waals surface area (Å²) in [6.45, 7) is 8.86. The number of carbonyl (C=O) groups is 2. The predicted octanol–water partition coefficient (Wildman–Crippen LogP) is 0.573. The van der Waals surface area contributed by atoms with Crippen LogP contribution < -0.4 is 5.32 Å². The third kappa shape index (κ3) is 4.69. The van der Waals surface area contributed by atoms with Crippen LogP contribution in [0.2, 0.25) is 0 Å². The number of amides is 2. The number of hydrogen-bond donors (Lipinski definition) is 1. The van der Waals surface area contributed by atoms with Gasteiger partial charge in [0.05, 0.1) is 17.0 Å². The van der Waals surface area contributed by atoms with Gasteiger partial charge >= 0.3 is 0 Å². The Labute approximate surface area is 127 Å². The summed E-state index contributed by atoms with van der Waals surface area (Å²) in [6, 6.07) is -0.538. The topological polar surface area (TPSA) is 83.6 Å². The second kappa shape index (κ2) is 6.34. The van der Waals surface area contributed by atoms with Crippen molar-refractivity contribution in [3.8, 4) is 0 Å². The molecule has 1 unspecified atom stereocenters. The lowest BCUT2D eigenvalue weighted by Crippen LogP contribution is -2.59. The monoisotopic (exact) mass is 318 g/mol. The smallest absolute Gasteiger partial charge is 0.245 e. The number of hydrogen-bond acceptors (Lipinski definition) is 4. The van der Waals surface area contributed by atoms with E-state index in [2.05, 4.69) is 5.32 Å². The van der Waals surface area contributed by atoms with Crippen molar-refractivity contribution in [1.29, 1.82) is 0 Å². The first-order valence-corrected chi connectivity index (χ1v) is 8.89. The van der Waals surface area contributed by atoms with Crippen molar-refractivity contribution >= 4 is 21.7 Å². The van der Waals surface area contributed by atoms with Gasteiger partial charge in [0.2, 0.25) is 11.8 Å². The molecule has 1 saturated heterocycles. The molecule has 2 amide bonds. The molecule has 1 N–H and O–H groups in total. The fourth-order valence-electron chi connectivity index (χ4n) is 2.13. The highest BCUT2D eigenvalue weighted by Crippen LogP contribution is 2.17. The molecule has 1 aliphatic rings. The molecule has 122 valence electrons. The van der Waals surface area contributed by atoms with Gasteiger partial charge in [-0.05, 0) is 33.1 Å². The predicted molar refractivity (Wildman–Crippen MR) is 81.5 cm³/mol. The zero-order chi connectivity index (χ0) is 16.4. The second-order valence-electron chi connectivity index (χ2n) is 6.94. The van der Waals surface area contributed by atoms with E-state index in [4.69, 9.17) is 0 Å². The van der Waals surface area contributed by atoms with Crippen LogP contribution in [0.15, 0.2) is 0 Å². The Hall–Kier alpha value is -1.11. The summed E-state index contributed by atoms with van der Waals surface area (Å²) in [7, 11) is -3.30. The largest absolute Gasteiger partial charge is 0.343 e. The summed E-state index contributed by atoms with van der Waals surface area (Å²) in [6.07, 6.45) is 0.563. The van der Waals surface area contributed by atoms with Gasteiger partial charge in [-0.2, -0.15) is 0 Å². The summed E-state index contributed by atoms with van der Waals surface area (Å²) >= 11 is 0. The van der Waals surface area contributed by atoms with Crippen molar-refractivity contribution in [2.75, 3.05) is 18.8 Å². The molecular formula is C14H26N2O4S. The van der Waals surface area contributed by atoms with Crippen molar-refractivity contribution in [2.24, 2.45) is 5.92 Å². The first-order chi connectivity index (χ1) is 9.44. The third-order valence-corrected chi connectivity index (χ3v) is 6.14. The number of piperazine rings is 1. The normalized spacial score (nSPS) is 20.9. The first-order valence-electron chi connectivity index (χ1n) is 7.24. The van der Waals surface area contributed by atoms with E-state index < -0.39 is 20.6 Å². The summed E-state index contributed by atoms with van der Waals surface area (Å²) in [5.41, 5.74) is 0. The number of rotatable bonds is 5. The Morgan fingerprint density at radius 3 is 2.33 bits per heavy atom. The molecule has 0 aromatic heterocycles. The van der Waals surface area contributed by atoms with E-state index in [9.17, 15) is 18.0 Å². The third-order valence-electron chi connectivity index (χ3n) is 3.55. The minimum atomic E-state index is -3.30. The Morgan fingerprint density at radius 1 is 1.29 bits per heavy atom. The minimum absolute atomic E-state index is 0.0624. The van der Waals surface area contributed by atoms with E-state index in [0.717, 1.165) is 0 Å². The lowest BCUT2D eigenvalue weighted by molar-refractivity contribution is -0.144. The van der Waals surface area contributed by atoms with Crippen LogP contribution in [0.4, 0.5) is 0 Å². The molecule has 0 spiro atoms. The van der Waals surface area contributed by atoms with E-state index in [-0.39, 0.29) is 36.6 Å². The maximum Gasteiger partial charge on any atom is 0.245 e. The van der Waals surface area contributed by atoms with Crippen LogP contribution in [0.5, 0.6) is 0 Å². The van der Waals surface area contributed by atoms with Gasteiger partial charge in [-0.3, -0.25) is 9.59 Å². The van der Waals surface area contributed by atoms with Crippen LogP contribution in [0.25, 0.3) is 0 Å². The standard InChI is InChI=1S/C14H26N2O4S/c1-10(2)8-11-13(18)16(9-12(17)15-11)6-7-21(19,20)14(3,4)5/h10-11H,6-9H2,1-5H3,(H,15,17). The molecule has 1 rings (SSSR count). The van der Waals surface area contributed by atoms with Gasteiger partial charge in [0, 0.05) is 6.54 Å². The fraction of sp³-hybridized carbons (Fsp3) is 0.857. The molecule has 1 fully saturated rings. The zero-order valence-electron chi connectivity index (χ0n) is 13.5. The summed E-state index contributed by atoms with van der Waals surface area (Å²) in [5.74, 6) is -0.262. The van der Waals surface area contributed by atoms with Gasteiger partial charge in [-0.25, -0.2) is 8.42 Å². The van der Waals surface area contributed by atoms with Crippen molar-refractivity contribution in [3.05, 3.63) is 0 Å². The Kier molecular flexibility index (Phi) is 5.41. The first kappa shape index (κ1) is 17.9. The number of carbonyl (C=O) groups excluding carboxylic acids is 2. The van der Waals surface area contributed by atoms with E-state index in [0.29, 0.717) is 6.42 Å². The maximum absolute atomic E-state index is 12.3. The lowest BCUT2D eigenvalue weighted by Gasteiger charge is -2.33. The van der Waals surface area contributed by atoms with Gasteiger partial charge in [0.1, 0.15) is 6.04 Å². The lowest BCUT2D eigenvalue weighted by atomic mass is 10.0. The van der Waals surface area contributed by atoms with Gasteiger partial charge in [0.15, 0.2) is 9.84 Å². The van der Waals surface area contributed by atoms with Crippen molar-refractivity contribution in [2.45, 2.75) is 51.8 Å². The Bertz CT molecular complexity index is 506. The molecule has 0 aromatic rings. The van der Waals surface area contributed by atoms with Crippen LogP contribution in [0, 0.1) is 5.92 Å². The minimum Gasteiger partial charge on any atom is -0.343 e. The molecule has 0 aromatic carbocycles. The molecular weight excluding hydrogens is 292 g/mol. The van der Waals surface area contributed by atoms with Crippen molar-refractivity contribution < 1.29 is 18.0 Å². The quantitative estimate of drug-likeness (QED) is 0.803. The number of nitrogens with one attached hydrogen (secondary N) is 1. The molecule has 1 heterocycles. The van der Waals surface area contributed by atoms with Gasteiger partial charge < -0.3 is 10.2 Å². The molecule has 21 heavy (non-hydrogen) atoms. The van der Waals surface area contributed by atoms with Crippen LogP contribution in [0.1, 0.15) is 41.0 Å². The Morgan fingerprint density at radius 2 is 1.86 bits per heavy atom. The Balaban J connectivity index is 2.74. The molecule has 0 aliphatic carbocycles. The van der Waals surface area contributed by atoms with E-state index >= 15 is 0 Å². The number of nitrogens with zero attached hydrogens (tertiary/aromatic N) is 1. The van der Waals surface area contributed by atoms with Gasteiger partial charge in [0.25, 0.3) is 0 Å². The van der Waals surface area contributed by atoms with E-state index in [1.165, 1.54) is 4.90 Å². The SMILES string of the molecule is CC(C)CC1NC(=O)CN(CCS(=O)(=O)C(C)(C)C)C1=O. The fourth-order valence-corrected chi connectivity index (χ4v) is 3.20. The van der Waals surface area contributed by atoms with E-state index in [1.54, 1.807) is 20.8 Å². The average molecular weight is 318 g/mol. The molecule has 1 atom stereocenters. The highest BCUT2D eigenvalue weighted by molar-refractivity contribution is 7.92. The summed E-state index contributed by atoms with van der Waals surface area (Å²) in [4.78, 5) is 25.3. The van der Waals surface area contributed by atoms with Crippen molar-refractivity contribution in [3.63, 3.8) is 0 Å². The number of sulfone groups is 1. The van der Waals surface area contributed by atoms with Crippen LogP contribution in [0.3, 0.4) is 0 Å². The highest BCUT2D eigenvalue weighted by Gasteiger charge is 2.35.